The summed E-state index contributed by atoms with van der Waals surface area (Å²) in [4.78, 5) is 0. The largest absolute Gasteiger partial charge is 0.203 e. The molecule has 0 radical (unpaired) electrons. The summed E-state index contributed by atoms with van der Waals surface area (Å²) >= 11 is 0. The Morgan fingerprint density at radius 1 is 0.857 bits per heavy atom. The molecule has 0 amide bonds. The molecule has 0 nitrogen and oxygen atoms in total. The zero-order chi connectivity index (χ0) is 19.9. The molecular weight excluding hydrogens is 350 g/mol. The van der Waals surface area contributed by atoms with Crippen LogP contribution in [-0.2, 0) is 6.42 Å². The Morgan fingerprint density at radius 3 is 2.21 bits per heavy atom. The molecular formula is C26H32F2. The van der Waals surface area contributed by atoms with Gasteiger partial charge in [0.2, 0.25) is 0 Å². The second-order valence-corrected chi connectivity index (χ2v) is 8.10. The van der Waals surface area contributed by atoms with E-state index in [0.29, 0.717) is 17.0 Å². The third-order valence-electron chi connectivity index (χ3n) is 5.97. The molecule has 28 heavy (non-hydrogen) atoms. The van der Waals surface area contributed by atoms with E-state index in [9.17, 15) is 8.78 Å². The summed E-state index contributed by atoms with van der Waals surface area (Å²) in [6, 6.07) is 11.3. The van der Waals surface area contributed by atoms with Crippen LogP contribution in [0.15, 0.2) is 42.5 Å². The molecule has 0 N–H and O–H groups in total. The van der Waals surface area contributed by atoms with Crippen molar-refractivity contribution in [3.63, 3.8) is 0 Å². The van der Waals surface area contributed by atoms with E-state index in [-0.39, 0.29) is 0 Å². The maximum Gasteiger partial charge on any atom is 0.167 e. The fourth-order valence-electron chi connectivity index (χ4n) is 4.24. The zero-order valence-electron chi connectivity index (χ0n) is 17.2. The molecule has 2 aromatic rings. The summed E-state index contributed by atoms with van der Waals surface area (Å²) in [5.74, 6) is -0.735. The zero-order valence-corrected chi connectivity index (χ0v) is 17.2. The predicted octanol–water partition coefficient (Wildman–Crippen LogP) is 8.35. The van der Waals surface area contributed by atoms with Gasteiger partial charge in [0.05, 0.1) is 0 Å². The number of unbranched alkanes of at least 4 members (excludes halogenated alkanes) is 2. The Balaban J connectivity index is 1.75. The second-order valence-electron chi connectivity index (χ2n) is 8.10. The van der Waals surface area contributed by atoms with Crippen molar-refractivity contribution >= 4 is 5.57 Å². The van der Waals surface area contributed by atoms with E-state index >= 15 is 0 Å². The van der Waals surface area contributed by atoms with Gasteiger partial charge in [0.15, 0.2) is 11.6 Å². The lowest BCUT2D eigenvalue weighted by Gasteiger charge is -2.22. The molecule has 1 atom stereocenters. The Kier molecular flexibility index (Phi) is 7.42. The van der Waals surface area contributed by atoms with Crippen LogP contribution in [0.3, 0.4) is 0 Å². The molecule has 0 heterocycles. The van der Waals surface area contributed by atoms with E-state index < -0.39 is 11.6 Å². The Labute approximate surface area is 168 Å². The van der Waals surface area contributed by atoms with Crippen molar-refractivity contribution in [3.05, 3.63) is 65.2 Å². The van der Waals surface area contributed by atoms with Crippen molar-refractivity contribution in [2.24, 2.45) is 5.92 Å². The van der Waals surface area contributed by atoms with Crippen LogP contribution < -0.4 is 0 Å². The van der Waals surface area contributed by atoms with E-state index in [1.54, 1.807) is 12.1 Å². The molecule has 0 spiro atoms. The monoisotopic (exact) mass is 382 g/mol. The normalized spacial score (nSPS) is 16.9. The van der Waals surface area contributed by atoms with Crippen molar-refractivity contribution < 1.29 is 8.78 Å². The number of allylic oxidation sites excluding steroid dienone is 2. The average molecular weight is 383 g/mol. The molecule has 0 aromatic heterocycles. The van der Waals surface area contributed by atoms with Gasteiger partial charge in [-0.15, -0.1) is 0 Å². The summed E-state index contributed by atoms with van der Waals surface area (Å²) in [7, 11) is 0. The van der Waals surface area contributed by atoms with Crippen LogP contribution >= 0.6 is 0 Å². The van der Waals surface area contributed by atoms with E-state index in [1.807, 2.05) is 24.3 Å². The van der Waals surface area contributed by atoms with Gasteiger partial charge in [-0.05, 0) is 48.3 Å². The molecule has 0 saturated carbocycles. The molecule has 150 valence electrons. The topological polar surface area (TPSA) is 0 Å². The maximum absolute atomic E-state index is 14.9. The van der Waals surface area contributed by atoms with E-state index in [2.05, 4.69) is 19.9 Å². The number of benzene rings is 2. The lowest BCUT2D eigenvalue weighted by atomic mass is 9.83. The maximum atomic E-state index is 14.9. The molecule has 0 saturated heterocycles. The highest BCUT2D eigenvalue weighted by Gasteiger charge is 2.21. The Bertz CT molecular complexity index is 802. The van der Waals surface area contributed by atoms with Crippen LogP contribution in [-0.4, -0.2) is 0 Å². The molecule has 3 rings (SSSR count). The highest BCUT2D eigenvalue weighted by molar-refractivity contribution is 5.72. The first-order valence-electron chi connectivity index (χ1n) is 10.9. The minimum absolute atomic E-state index is 0.346. The van der Waals surface area contributed by atoms with Crippen molar-refractivity contribution in [1.29, 1.82) is 0 Å². The first-order valence-corrected chi connectivity index (χ1v) is 10.9. The van der Waals surface area contributed by atoms with Gasteiger partial charge >= 0.3 is 0 Å². The standard InChI is InChI=1S/C26H32F2/c1-3-5-6-8-20-11-15-22(16-12-20)24-18-17-23(25(27)26(24)28)21-13-9-19(7-4-2)10-14-21/h9-10,13-15,17-18,20H,3-8,11-12,16H2,1-2H3. The predicted molar refractivity (Wildman–Crippen MR) is 115 cm³/mol. The summed E-state index contributed by atoms with van der Waals surface area (Å²) in [5.41, 5.74) is 3.71. The number of rotatable bonds is 8. The molecule has 1 aliphatic carbocycles. The molecule has 1 aliphatic rings. The summed E-state index contributed by atoms with van der Waals surface area (Å²) in [6.07, 6.45) is 12.2. The van der Waals surface area contributed by atoms with Crippen molar-refractivity contribution in [3.8, 4) is 11.1 Å². The van der Waals surface area contributed by atoms with Gasteiger partial charge in [0.1, 0.15) is 0 Å². The van der Waals surface area contributed by atoms with Crippen LogP contribution in [0.1, 0.15) is 76.3 Å². The Morgan fingerprint density at radius 2 is 1.57 bits per heavy atom. The van der Waals surface area contributed by atoms with Gasteiger partial charge in [-0.2, -0.15) is 0 Å². The summed E-state index contributed by atoms with van der Waals surface area (Å²) in [5, 5.41) is 0. The molecule has 1 unspecified atom stereocenters. The number of hydrogen-bond acceptors (Lipinski definition) is 0. The van der Waals surface area contributed by atoms with Crippen LogP contribution in [0.4, 0.5) is 8.78 Å². The van der Waals surface area contributed by atoms with Crippen molar-refractivity contribution in [2.45, 2.75) is 71.6 Å². The lowest BCUT2D eigenvalue weighted by molar-refractivity contribution is 0.427. The van der Waals surface area contributed by atoms with Gasteiger partial charge in [-0.25, -0.2) is 8.78 Å². The van der Waals surface area contributed by atoms with Crippen molar-refractivity contribution in [1.82, 2.24) is 0 Å². The van der Waals surface area contributed by atoms with Gasteiger partial charge in [-0.3, -0.25) is 0 Å². The molecule has 0 aliphatic heterocycles. The lowest BCUT2D eigenvalue weighted by Crippen LogP contribution is -2.07. The third-order valence-corrected chi connectivity index (χ3v) is 5.97. The molecule has 0 bridgehead atoms. The van der Waals surface area contributed by atoms with E-state index in [0.717, 1.165) is 43.2 Å². The van der Waals surface area contributed by atoms with Crippen molar-refractivity contribution in [2.75, 3.05) is 0 Å². The van der Waals surface area contributed by atoms with Crippen LogP contribution in [0.25, 0.3) is 16.7 Å². The van der Waals surface area contributed by atoms with Gasteiger partial charge in [0.25, 0.3) is 0 Å². The number of aryl methyl sites for hydroxylation is 1. The first kappa shape index (κ1) is 20.8. The summed E-state index contributed by atoms with van der Waals surface area (Å²) < 4.78 is 29.7. The van der Waals surface area contributed by atoms with Gasteiger partial charge in [-0.1, -0.05) is 88.4 Å². The van der Waals surface area contributed by atoms with Gasteiger partial charge in [0, 0.05) is 11.1 Å². The van der Waals surface area contributed by atoms with Crippen LogP contribution in [0.2, 0.25) is 0 Å². The summed E-state index contributed by atoms with van der Waals surface area (Å²) in [6.45, 7) is 4.36. The highest BCUT2D eigenvalue weighted by Crippen LogP contribution is 2.36. The first-order chi connectivity index (χ1) is 13.6. The SMILES string of the molecule is CCCCCC1CC=C(c2ccc(-c3ccc(CCC)cc3)c(F)c2F)CC1. The smallest absolute Gasteiger partial charge is 0.167 e. The number of hydrogen-bond donors (Lipinski definition) is 0. The third kappa shape index (κ3) is 4.90. The quantitative estimate of drug-likeness (QED) is 0.402. The minimum atomic E-state index is -0.730. The average Bonchev–Trinajstić information content (AvgIpc) is 2.72. The fourth-order valence-corrected chi connectivity index (χ4v) is 4.24. The molecule has 2 heteroatoms. The Hall–Kier alpha value is -1.96. The van der Waals surface area contributed by atoms with E-state index in [4.69, 9.17) is 0 Å². The van der Waals surface area contributed by atoms with Gasteiger partial charge < -0.3 is 0 Å². The fraction of sp³-hybridized carbons (Fsp3) is 0.462. The number of halogens is 2. The highest BCUT2D eigenvalue weighted by atomic mass is 19.2. The molecule has 2 aromatic carbocycles. The molecule has 0 fully saturated rings. The second kappa shape index (κ2) is 10.0. The van der Waals surface area contributed by atoms with Crippen LogP contribution in [0, 0.1) is 17.6 Å². The minimum Gasteiger partial charge on any atom is -0.203 e. The van der Waals surface area contributed by atoms with Crippen LogP contribution in [0.5, 0.6) is 0 Å². The van der Waals surface area contributed by atoms with E-state index in [1.165, 1.54) is 31.2 Å².